The Morgan fingerprint density at radius 2 is 0.902 bits per heavy atom. The highest BCUT2D eigenvalue weighted by Crippen LogP contribution is 2.43. The van der Waals surface area contributed by atoms with Crippen LogP contribution < -0.4 is 5.73 Å². The molecule has 10 heteroatoms. The third-order valence-electron chi connectivity index (χ3n) is 9.48. The Morgan fingerprint density at radius 1 is 0.508 bits per heavy atom. The van der Waals surface area contributed by atoms with Crippen LogP contribution in [-0.2, 0) is 32.7 Å². The zero-order valence-electron chi connectivity index (χ0n) is 38.4. The van der Waals surface area contributed by atoms with Gasteiger partial charge in [0.25, 0.3) is 0 Å². The maximum Gasteiger partial charge on any atom is 0.472 e. The van der Waals surface area contributed by atoms with Gasteiger partial charge in [-0.25, -0.2) is 4.57 Å². The van der Waals surface area contributed by atoms with Crippen molar-refractivity contribution >= 4 is 19.8 Å². The van der Waals surface area contributed by atoms with Gasteiger partial charge in [0.05, 0.1) is 13.2 Å². The minimum absolute atomic E-state index is 0.0446. The molecule has 0 saturated carbocycles. The van der Waals surface area contributed by atoms with Crippen LogP contribution in [0.15, 0.2) is 97.2 Å². The van der Waals surface area contributed by atoms with Crippen LogP contribution in [0.2, 0.25) is 0 Å². The van der Waals surface area contributed by atoms with E-state index in [4.69, 9.17) is 24.3 Å². The molecule has 0 spiro atoms. The molecule has 3 N–H and O–H groups in total. The molecular weight excluding hydrogens is 786 g/mol. The van der Waals surface area contributed by atoms with Crippen molar-refractivity contribution in [3.05, 3.63) is 97.2 Å². The first-order valence-corrected chi connectivity index (χ1v) is 25.2. The molecule has 0 aliphatic rings. The van der Waals surface area contributed by atoms with E-state index in [9.17, 15) is 19.0 Å². The van der Waals surface area contributed by atoms with E-state index in [-0.39, 0.29) is 32.6 Å². The van der Waals surface area contributed by atoms with Crippen LogP contribution in [0, 0.1) is 0 Å². The van der Waals surface area contributed by atoms with E-state index in [2.05, 4.69) is 111 Å². The van der Waals surface area contributed by atoms with E-state index < -0.39 is 32.5 Å². The lowest BCUT2D eigenvalue weighted by atomic mass is 10.1. The molecule has 0 aromatic heterocycles. The molecule has 0 rings (SSSR count). The second-order valence-electron chi connectivity index (χ2n) is 15.2. The smallest absolute Gasteiger partial charge is 0.462 e. The van der Waals surface area contributed by atoms with E-state index in [0.717, 1.165) is 96.3 Å². The van der Waals surface area contributed by atoms with E-state index >= 15 is 0 Å². The van der Waals surface area contributed by atoms with Crippen LogP contribution >= 0.6 is 7.82 Å². The first-order chi connectivity index (χ1) is 29.8. The summed E-state index contributed by atoms with van der Waals surface area (Å²) in [5.41, 5.74) is 5.35. The van der Waals surface area contributed by atoms with E-state index in [1.165, 1.54) is 51.4 Å². The van der Waals surface area contributed by atoms with Gasteiger partial charge in [-0.3, -0.25) is 18.6 Å². The third kappa shape index (κ3) is 46.3. The van der Waals surface area contributed by atoms with E-state index in [1.807, 2.05) is 0 Å². The van der Waals surface area contributed by atoms with Crippen LogP contribution in [0.25, 0.3) is 0 Å². The minimum Gasteiger partial charge on any atom is -0.462 e. The molecule has 0 aliphatic carbocycles. The van der Waals surface area contributed by atoms with Gasteiger partial charge in [0.15, 0.2) is 6.10 Å². The van der Waals surface area contributed by atoms with Crippen molar-refractivity contribution < 1.29 is 37.6 Å². The number of carbonyl (C=O) groups is 2. The summed E-state index contributed by atoms with van der Waals surface area (Å²) >= 11 is 0. The fourth-order valence-electron chi connectivity index (χ4n) is 6.00. The second kappa shape index (κ2) is 46.4. The molecule has 2 unspecified atom stereocenters. The number of hydrogen-bond donors (Lipinski definition) is 2. The molecule has 0 bridgehead atoms. The first-order valence-electron chi connectivity index (χ1n) is 23.7. The van der Waals surface area contributed by atoms with Crippen LogP contribution in [0.4, 0.5) is 0 Å². The Morgan fingerprint density at radius 3 is 1.34 bits per heavy atom. The molecule has 0 aliphatic heterocycles. The highest BCUT2D eigenvalue weighted by atomic mass is 31.2. The highest BCUT2D eigenvalue weighted by Gasteiger charge is 2.26. The molecule has 0 aromatic carbocycles. The number of hydrogen-bond acceptors (Lipinski definition) is 8. The zero-order chi connectivity index (χ0) is 44.6. The zero-order valence-corrected chi connectivity index (χ0v) is 39.3. The average molecular weight is 872 g/mol. The summed E-state index contributed by atoms with van der Waals surface area (Å²) in [5, 5.41) is 0. The highest BCUT2D eigenvalue weighted by molar-refractivity contribution is 7.47. The molecule has 0 fully saturated rings. The quantitative estimate of drug-likeness (QED) is 0.0266. The van der Waals surface area contributed by atoms with Crippen molar-refractivity contribution in [3.63, 3.8) is 0 Å². The molecule has 0 radical (unpaired) electrons. The lowest BCUT2D eigenvalue weighted by Gasteiger charge is -2.19. The topological polar surface area (TPSA) is 134 Å². The Bertz CT molecular complexity index is 1320. The monoisotopic (exact) mass is 872 g/mol. The summed E-state index contributed by atoms with van der Waals surface area (Å²) < 4.78 is 32.8. The largest absolute Gasteiger partial charge is 0.472 e. The minimum atomic E-state index is -4.39. The normalized spacial score (nSPS) is 14.1. The fourth-order valence-corrected chi connectivity index (χ4v) is 6.77. The molecule has 0 heterocycles. The number of nitrogens with two attached hydrogens (primary N) is 1. The maximum atomic E-state index is 12.6. The number of esters is 2. The van der Waals surface area contributed by atoms with Gasteiger partial charge < -0.3 is 20.1 Å². The van der Waals surface area contributed by atoms with Gasteiger partial charge in [-0.1, -0.05) is 188 Å². The van der Waals surface area contributed by atoms with Gasteiger partial charge >= 0.3 is 19.8 Å². The van der Waals surface area contributed by atoms with Crippen LogP contribution in [0.5, 0.6) is 0 Å². The summed E-state index contributed by atoms with van der Waals surface area (Å²) in [6.07, 6.45) is 60.2. The van der Waals surface area contributed by atoms with Crippen LogP contribution in [0.3, 0.4) is 0 Å². The number of phosphoric ester groups is 1. The molecule has 0 saturated heterocycles. The lowest BCUT2D eigenvalue weighted by Crippen LogP contribution is -2.29. The molecular formula is C51H86NO8P. The predicted octanol–water partition coefficient (Wildman–Crippen LogP) is 14.2. The van der Waals surface area contributed by atoms with Gasteiger partial charge in [0.1, 0.15) is 6.61 Å². The fraction of sp³-hybridized carbons (Fsp3) is 0.647. The summed E-state index contributed by atoms with van der Waals surface area (Å²) in [4.78, 5) is 34.9. The van der Waals surface area contributed by atoms with Gasteiger partial charge in [-0.05, 0) is 77.0 Å². The average Bonchev–Trinajstić information content (AvgIpc) is 3.25. The number of unbranched alkanes of at least 4 members (excludes halogenated alkanes) is 14. The van der Waals surface area contributed by atoms with Crippen LogP contribution in [0.1, 0.15) is 181 Å². The first kappa shape index (κ1) is 57.9. The van der Waals surface area contributed by atoms with Crippen molar-refractivity contribution in [1.82, 2.24) is 0 Å². The predicted molar refractivity (Wildman–Crippen MR) is 256 cm³/mol. The number of allylic oxidation sites excluding steroid dienone is 16. The van der Waals surface area contributed by atoms with E-state index in [1.54, 1.807) is 0 Å². The summed E-state index contributed by atoms with van der Waals surface area (Å²) in [6, 6.07) is 0. The van der Waals surface area contributed by atoms with Gasteiger partial charge in [0.2, 0.25) is 0 Å². The Kier molecular flexibility index (Phi) is 44.1. The SMILES string of the molecule is CC/C=C\C/C=C\C/C=C\C/C=C\C/C=C\C/C=C\C/C=C\C/C=C\CCCCCCC(=O)OC(COC(=O)CCCCCCCCCCCCC)COP(=O)(O)OCCN. The number of ether oxygens (including phenoxy) is 2. The van der Waals surface area contributed by atoms with Crippen LogP contribution in [-0.4, -0.2) is 49.3 Å². The van der Waals surface area contributed by atoms with Crippen molar-refractivity contribution in [3.8, 4) is 0 Å². The van der Waals surface area contributed by atoms with Gasteiger partial charge in [-0.15, -0.1) is 0 Å². The van der Waals surface area contributed by atoms with Gasteiger partial charge in [0, 0.05) is 19.4 Å². The number of rotatable bonds is 43. The summed E-state index contributed by atoms with van der Waals surface area (Å²) in [5.74, 6) is -0.865. The standard InChI is InChI=1S/C51H86NO8P/c1-3-5-7-9-11-13-15-16-17-18-19-20-21-22-23-24-25-26-27-28-29-30-31-32-34-36-38-40-42-44-51(54)60-49(48-59-61(55,56)58-46-45-52)47-57-50(53)43-41-39-37-35-33-14-12-10-8-6-4-2/h5,7,11,13,16-17,19-20,22-23,25-26,28-29,31-32,49H,3-4,6,8-10,12,14-15,18,21,24,27,30,33-48,52H2,1-2H3,(H,55,56)/b7-5-,13-11-,17-16-,20-19-,23-22-,26-25-,29-28-,32-31-. The van der Waals surface area contributed by atoms with Crippen molar-refractivity contribution in [2.45, 2.75) is 187 Å². The van der Waals surface area contributed by atoms with Crippen molar-refractivity contribution in [2.75, 3.05) is 26.4 Å². The molecule has 61 heavy (non-hydrogen) atoms. The van der Waals surface area contributed by atoms with Crippen molar-refractivity contribution in [2.24, 2.45) is 5.73 Å². The molecule has 0 aromatic rings. The lowest BCUT2D eigenvalue weighted by molar-refractivity contribution is -0.161. The Labute approximate surface area is 372 Å². The Balaban J connectivity index is 4.14. The second-order valence-corrected chi connectivity index (χ2v) is 16.7. The molecule has 0 amide bonds. The van der Waals surface area contributed by atoms with Crippen molar-refractivity contribution in [1.29, 1.82) is 0 Å². The maximum absolute atomic E-state index is 12.6. The Hall–Kier alpha value is -3.07. The summed E-state index contributed by atoms with van der Waals surface area (Å²) in [7, 11) is -4.39. The van der Waals surface area contributed by atoms with Gasteiger partial charge in [-0.2, -0.15) is 0 Å². The van der Waals surface area contributed by atoms with E-state index in [0.29, 0.717) is 6.42 Å². The number of carbonyl (C=O) groups excluding carboxylic acids is 2. The molecule has 348 valence electrons. The summed E-state index contributed by atoms with van der Waals surface area (Å²) in [6.45, 7) is 3.56. The number of phosphoric acid groups is 1. The molecule has 2 atom stereocenters. The molecule has 9 nitrogen and oxygen atoms in total. The third-order valence-corrected chi connectivity index (χ3v) is 10.5.